The first kappa shape index (κ1) is 18.0. The van der Waals surface area contributed by atoms with Crippen molar-refractivity contribution in [2.45, 2.75) is 13.8 Å². The van der Waals surface area contributed by atoms with Gasteiger partial charge < -0.3 is 9.80 Å². The highest BCUT2D eigenvalue weighted by Crippen LogP contribution is 2.25. The average molecular weight is 374 g/mol. The Bertz CT molecular complexity index is 969. The van der Waals surface area contributed by atoms with Gasteiger partial charge in [0.25, 0.3) is 5.91 Å². The number of carbonyl (C=O) groups is 1. The van der Waals surface area contributed by atoms with E-state index in [1.54, 1.807) is 36.9 Å². The Kier molecular flexibility index (Phi) is 4.97. The van der Waals surface area contributed by atoms with Crippen molar-refractivity contribution >= 4 is 11.7 Å². The van der Waals surface area contributed by atoms with E-state index in [-0.39, 0.29) is 5.91 Å². The molecule has 1 aliphatic heterocycles. The maximum atomic E-state index is 12.6. The molecule has 4 heterocycles. The number of nitrogens with zero attached hydrogens (tertiary/aromatic N) is 6. The second-order valence-electron chi connectivity index (χ2n) is 6.84. The molecule has 142 valence electrons. The number of aryl methyl sites for hydroxylation is 1. The Hall–Kier alpha value is -3.35. The first-order chi connectivity index (χ1) is 13.6. The number of pyridine rings is 2. The van der Waals surface area contributed by atoms with Crippen molar-refractivity contribution in [1.29, 1.82) is 0 Å². The minimum absolute atomic E-state index is 0.0272. The monoisotopic (exact) mass is 374 g/mol. The van der Waals surface area contributed by atoms with Crippen LogP contribution >= 0.6 is 0 Å². The van der Waals surface area contributed by atoms with E-state index >= 15 is 0 Å². The van der Waals surface area contributed by atoms with E-state index in [2.05, 4.69) is 19.9 Å². The highest BCUT2D eigenvalue weighted by atomic mass is 16.2. The summed E-state index contributed by atoms with van der Waals surface area (Å²) in [7, 11) is 0. The van der Waals surface area contributed by atoms with Gasteiger partial charge in [-0.15, -0.1) is 0 Å². The van der Waals surface area contributed by atoms with Crippen molar-refractivity contribution in [1.82, 2.24) is 24.8 Å². The number of hydrogen-bond donors (Lipinski definition) is 0. The van der Waals surface area contributed by atoms with Gasteiger partial charge >= 0.3 is 0 Å². The molecule has 4 rings (SSSR count). The third-order valence-corrected chi connectivity index (χ3v) is 5.06. The number of aromatic nitrogens is 4. The molecule has 0 aromatic carbocycles. The minimum Gasteiger partial charge on any atom is -0.353 e. The predicted molar refractivity (Wildman–Crippen MR) is 107 cm³/mol. The van der Waals surface area contributed by atoms with Crippen LogP contribution in [0.25, 0.3) is 11.4 Å². The van der Waals surface area contributed by atoms with Gasteiger partial charge in [-0.1, -0.05) is 0 Å². The summed E-state index contributed by atoms with van der Waals surface area (Å²) >= 11 is 0. The second-order valence-corrected chi connectivity index (χ2v) is 6.84. The van der Waals surface area contributed by atoms with Gasteiger partial charge in [0, 0.05) is 67.8 Å². The van der Waals surface area contributed by atoms with Crippen molar-refractivity contribution < 1.29 is 4.79 Å². The van der Waals surface area contributed by atoms with Crippen molar-refractivity contribution in [3.8, 4) is 11.4 Å². The summed E-state index contributed by atoms with van der Waals surface area (Å²) in [4.78, 5) is 34.4. The van der Waals surface area contributed by atoms with Crippen LogP contribution in [0.4, 0.5) is 5.82 Å². The first-order valence-electron chi connectivity index (χ1n) is 9.33. The topological polar surface area (TPSA) is 75.1 Å². The molecule has 0 unspecified atom stereocenters. The van der Waals surface area contributed by atoms with Gasteiger partial charge in [0.05, 0.1) is 5.56 Å². The van der Waals surface area contributed by atoms with Gasteiger partial charge in [0.1, 0.15) is 5.82 Å². The van der Waals surface area contributed by atoms with E-state index in [9.17, 15) is 4.79 Å². The number of amides is 1. The third kappa shape index (κ3) is 3.55. The molecule has 3 aromatic heterocycles. The van der Waals surface area contributed by atoms with Gasteiger partial charge in [-0.3, -0.25) is 14.8 Å². The van der Waals surface area contributed by atoms with Crippen LogP contribution in [-0.2, 0) is 0 Å². The van der Waals surface area contributed by atoms with Crippen molar-refractivity contribution in [2.24, 2.45) is 0 Å². The zero-order valence-corrected chi connectivity index (χ0v) is 16.0. The number of anilines is 1. The molecule has 1 fully saturated rings. The van der Waals surface area contributed by atoms with Gasteiger partial charge in [0.2, 0.25) is 0 Å². The van der Waals surface area contributed by atoms with Gasteiger partial charge in [-0.25, -0.2) is 9.97 Å². The van der Waals surface area contributed by atoms with Gasteiger partial charge in [-0.2, -0.15) is 0 Å². The molecule has 28 heavy (non-hydrogen) atoms. The Morgan fingerprint density at radius 2 is 1.64 bits per heavy atom. The molecular formula is C21H22N6O. The lowest BCUT2D eigenvalue weighted by Crippen LogP contribution is -2.49. The number of hydrogen-bond acceptors (Lipinski definition) is 6. The molecule has 0 bridgehead atoms. The number of rotatable bonds is 3. The highest BCUT2D eigenvalue weighted by molar-refractivity contribution is 5.94. The van der Waals surface area contributed by atoms with Crippen LogP contribution in [0.15, 0.2) is 49.1 Å². The maximum absolute atomic E-state index is 12.6. The molecule has 0 atom stereocenters. The fourth-order valence-corrected chi connectivity index (χ4v) is 3.34. The summed E-state index contributed by atoms with van der Waals surface area (Å²) in [6.07, 6.45) is 6.81. The van der Waals surface area contributed by atoms with Gasteiger partial charge in [-0.05, 0) is 38.1 Å². The normalized spacial score (nSPS) is 14.2. The summed E-state index contributed by atoms with van der Waals surface area (Å²) in [6.45, 7) is 6.82. The Morgan fingerprint density at radius 1 is 0.929 bits per heavy atom. The van der Waals surface area contributed by atoms with Crippen LogP contribution in [0.5, 0.6) is 0 Å². The molecule has 7 heteroatoms. The van der Waals surface area contributed by atoms with Crippen molar-refractivity contribution in [2.75, 3.05) is 31.1 Å². The fraction of sp³-hybridized carbons (Fsp3) is 0.286. The Balaban J connectivity index is 1.53. The standard InChI is InChI=1S/C21H22N6O/c1-15-16(2)24-19(17-5-3-7-22-13-17)25-20(15)26-9-11-27(12-10-26)21(28)18-6-4-8-23-14-18/h3-8,13-14H,9-12H2,1-2H3. The molecule has 0 N–H and O–H groups in total. The third-order valence-electron chi connectivity index (χ3n) is 5.06. The molecule has 3 aromatic rings. The largest absolute Gasteiger partial charge is 0.353 e. The molecular weight excluding hydrogens is 352 g/mol. The molecule has 0 aliphatic carbocycles. The number of carbonyl (C=O) groups excluding carboxylic acids is 1. The van der Waals surface area contributed by atoms with Crippen LogP contribution in [0, 0.1) is 13.8 Å². The van der Waals surface area contributed by atoms with Crippen molar-refractivity contribution in [3.05, 3.63) is 65.9 Å². The lowest BCUT2D eigenvalue weighted by molar-refractivity contribution is 0.0746. The molecule has 1 saturated heterocycles. The average Bonchev–Trinajstić information content (AvgIpc) is 2.76. The molecule has 1 amide bonds. The summed E-state index contributed by atoms with van der Waals surface area (Å²) in [6, 6.07) is 7.44. The van der Waals surface area contributed by atoms with Crippen LogP contribution < -0.4 is 4.90 Å². The zero-order chi connectivity index (χ0) is 19.5. The van der Waals surface area contributed by atoms with Crippen LogP contribution in [0.3, 0.4) is 0 Å². The Labute approximate surface area is 164 Å². The molecule has 0 spiro atoms. The molecule has 0 saturated carbocycles. The quantitative estimate of drug-likeness (QED) is 0.701. The number of piperazine rings is 1. The van der Waals surface area contributed by atoms with E-state index in [4.69, 9.17) is 4.98 Å². The van der Waals surface area contributed by atoms with E-state index in [1.165, 1.54) is 0 Å². The minimum atomic E-state index is 0.0272. The van der Waals surface area contributed by atoms with Crippen LogP contribution in [0.2, 0.25) is 0 Å². The lowest BCUT2D eigenvalue weighted by Gasteiger charge is -2.36. The summed E-state index contributed by atoms with van der Waals surface area (Å²) in [5, 5.41) is 0. The second kappa shape index (κ2) is 7.72. The highest BCUT2D eigenvalue weighted by Gasteiger charge is 2.25. The SMILES string of the molecule is Cc1nc(-c2cccnc2)nc(N2CCN(C(=O)c3cccnc3)CC2)c1C. The zero-order valence-electron chi connectivity index (χ0n) is 16.0. The van der Waals surface area contributed by atoms with Crippen LogP contribution in [0.1, 0.15) is 21.6 Å². The molecule has 0 radical (unpaired) electrons. The maximum Gasteiger partial charge on any atom is 0.255 e. The first-order valence-corrected chi connectivity index (χ1v) is 9.33. The van der Waals surface area contributed by atoms with Crippen molar-refractivity contribution in [3.63, 3.8) is 0 Å². The summed E-state index contributed by atoms with van der Waals surface area (Å²) in [5.41, 5.74) is 3.55. The van der Waals surface area contributed by atoms with Crippen LogP contribution in [-0.4, -0.2) is 56.9 Å². The van der Waals surface area contributed by atoms with Gasteiger partial charge in [0.15, 0.2) is 5.82 Å². The lowest BCUT2D eigenvalue weighted by atomic mass is 10.1. The summed E-state index contributed by atoms with van der Waals surface area (Å²) in [5.74, 6) is 1.64. The van der Waals surface area contributed by atoms with E-state index < -0.39 is 0 Å². The molecule has 7 nitrogen and oxygen atoms in total. The Morgan fingerprint density at radius 3 is 2.29 bits per heavy atom. The predicted octanol–water partition coefficient (Wildman–Crippen LogP) is 2.51. The van der Waals surface area contributed by atoms with E-state index in [0.29, 0.717) is 24.5 Å². The molecule has 1 aliphatic rings. The van der Waals surface area contributed by atoms with E-state index in [1.807, 2.05) is 30.9 Å². The van der Waals surface area contributed by atoms with E-state index in [0.717, 1.165) is 35.7 Å². The summed E-state index contributed by atoms with van der Waals surface area (Å²) < 4.78 is 0. The smallest absolute Gasteiger partial charge is 0.255 e. The fourth-order valence-electron chi connectivity index (χ4n) is 3.34.